The van der Waals surface area contributed by atoms with Crippen LogP contribution in [0.3, 0.4) is 0 Å². The molecule has 0 aliphatic carbocycles. The van der Waals surface area contributed by atoms with Crippen LogP contribution in [0, 0.1) is 0 Å². The van der Waals surface area contributed by atoms with E-state index in [0.29, 0.717) is 30.8 Å². The number of anilines is 1. The van der Waals surface area contributed by atoms with Crippen LogP contribution in [0.1, 0.15) is 16.8 Å². The number of halogens is 3. The van der Waals surface area contributed by atoms with Crippen LogP contribution in [0.15, 0.2) is 71.6 Å². The van der Waals surface area contributed by atoms with Gasteiger partial charge < -0.3 is 24.8 Å². The van der Waals surface area contributed by atoms with Crippen molar-refractivity contribution in [3.05, 3.63) is 72.3 Å². The summed E-state index contributed by atoms with van der Waals surface area (Å²) in [5, 5.41) is 27.5. The van der Waals surface area contributed by atoms with Gasteiger partial charge in [0.25, 0.3) is 10.0 Å². The van der Waals surface area contributed by atoms with Crippen molar-refractivity contribution in [1.82, 2.24) is 4.90 Å². The summed E-state index contributed by atoms with van der Waals surface area (Å²) >= 11 is 0. The van der Waals surface area contributed by atoms with Crippen LogP contribution in [0.4, 0.5) is 18.9 Å². The lowest BCUT2D eigenvalue weighted by Crippen LogP contribution is -2.37. The highest BCUT2D eigenvalue weighted by molar-refractivity contribution is 7.92. The van der Waals surface area contributed by atoms with Gasteiger partial charge in [-0.1, -0.05) is 30.3 Å². The third kappa shape index (κ3) is 9.87. The maximum atomic E-state index is 12.9. The van der Waals surface area contributed by atoms with E-state index in [1.165, 1.54) is 30.3 Å². The highest BCUT2D eigenvalue weighted by atomic mass is 32.2. The van der Waals surface area contributed by atoms with Gasteiger partial charge in [0.2, 0.25) is 0 Å². The SMILES string of the molecule is O=C(O)C(F)(F)F.O=C(OCCCN1CCOCC1)c1ccc(NS(=O)(=O)c2cccc(-c3ccccc3O)c2)cc1O. The third-order valence-corrected chi connectivity index (χ3v) is 7.41. The van der Waals surface area contributed by atoms with Gasteiger partial charge in [-0.2, -0.15) is 13.2 Å². The lowest BCUT2D eigenvalue weighted by atomic mass is 10.1. The quantitative estimate of drug-likeness (QED) is 0.201. The number of carboxylic acid groups (broad SMARTS) is 1. The number of nitrogens with one attached hydrogen (secondary N) is 1. The van der Waals surface area contributed by atoms with E-state index in [1.54, 1.807) is 30.3 Å². The molecule has 4 rings (SSSR count). The highest BCUT2D eigenvalue weighted by Crippen LogP contribution is 2.31. The fourth-order valence-corrected chi connectivity index (χ4v) is 4.98. The molecule has 0 radical (unpaired) electrons. The standard InChI is InChI=1S/C26H28N2O7S.C2HF3O2/c29-24-8-2-1-7-22(24)19-5-3-6-21(17-19)36(32,33)27-20-9-10-23(25(30)18-20)26(31)35-14-4-11-28-12-15-34-16-13-28;3-2(4,5)1(6)7/h1-3,5-10,17-18,27,29-30H,4,11-16H2;(H,6,7). The molecule has 0 amide bonds. The zero-order chi connectivity index (χ0) is 31.6. The first kappa shape index (κ1) is 33.2. The lowest BCUT2D eigenvalue weighted by molar-refractivity contribution is -0.192. The van der Waals surface area contributed by atoms with Gasteiger partial charge in [-0.15, -0.1) is 0 Å². The number of carbonyl (C=O) groups is 2. The smallest absolute Gasteiger partial charge is 0.490 e. The second kappa shape index (κ2) is 14.7. The van der Waals surface area contributed by atoms with Crippen molar-refractivity contribution in [2.75, 3.05) is 44.2 Å². The molecular formula is C28H29F3N2O9S. The minimum absolute atomic E-state index is 0.0218. The summed E-state index contributed by atoms with van der Waals surface area (Å²) in [5.74, 6) is -3.79. The van der Waals surface area contributed by atoms with E-state index in [4.69, 9.17) is 19.4 Å². The van der Waals surface area contributed by atoms with Gasteiger partial charge in [-0.25, -0.2) is 18.0 Å². The Labute approximate surface area is 245 Å². The molecule has 1 aliphatic rings. The summed E-state index contributed by atoms with van der Waals surface area (Å²) in [6.07, 6.45) is -4.43. The fourth-order valence-electron chi connectivity index (χ4n) is 3.89. The number of aliphatic carboxylic acids is 1. The average Bonchev–Trinajstić information content (AvgIpc) is 2.96. The molecule has 1 heterocycles. The van der Waals surface area contributed by atoms with Crippen LogP contribution in [0.5, 0.6) is 11.5 Å². The van der Waals surface area contributed by atoms with Crippen molar-refractivity contribution in [2.24, 2.45) is 0 Å². The number of para-hydroxylation sites is 1. The second-order valence-corrected chi connectivity index (χ2v) is 10.8. The van der Waals surface area contributed by atoms with Crippen LogP contribution < -0.4 is 4.72 Å². The van der Waals surface area contributed by atoms with Gasteiger partial charge in [0.15, 0.2) is 0 Å². The Bertz CT molecular complexity index is 1530. The number of carboxylic acids is 1. The number of morpholine rings is 1. The Morgan fingerprint density at radius 1 is 0.953 bits per heavy atom. The van der Waals surface area contributed by atoms with Crippen LogP contribution in [0.25, 0.3) is 11.1 Å². The molecule has 0 aromatic heterocycles. The van der Waals surface area contributed by atoms with E-state index in [2.05, 4.69) is 9.62 Å². The zero-order valence-corrected chi connectivity index (χ0v) is 23.4. The van der Waals surface area contributed by atoms with Crippen molar-refractivity contribution in [1.29, 1.82) is 0 Å². The number of ether oxygens (including phenoxy) is 2. The number of aromatic hydroxyl groups is 2. The lowest BCUT2D eigenvalue weighted by Gasteiger charge is -2.26. The van der Waals surface area contributed by atoms with Gasteiger partial charge in [0.1, 0.15) is 17.1 Å². The molecule has 0 saturated carbocycles. The van der Waals surface area contributed by atoms with E-state index >= 15 is 0 Å². The number of rotatable bonds is 9. The number of sulfonamides is 1. The number of hydrogen-bond acceptors (Lipinski definition) is 9. The molecule has 43 heavy (non-hydrogen) atoms. The molecule has 3 aromatic rings. The van der Waals surface area contributed by atoms with Crippen LogP contribution in [0.2, 0.25) is 0 Å². The number of phenols is 2. The zero-order valence-electron chi connectivity index (χ0n) is 22.6. The molecular weight excluding hydrogens is 597 g/mol. The summed E-state index contributed by atoms with van der Waals surface area (Å²) in [6, 6.07) is 16.6. The maximum absolute atomic E-state index is 12.9. The first-order valence-electron chi connectivity index (χ1n) is 12.8. The monoisotopic (exact) mass is 626 g/mol. The molecule has 0 atom stereocenters. The van der Waals surface area contributed by atoms with E-state index in [-0.39, 0.29) is 28.5 Å². The minimum atomic E-state index is -5.08. The molecule has 1 saturated heterocycles. The molecule has 0 spiro atoms. The summed E-state index contributed by atoms with van der Waals surface area (Å²) in [7, 11) is -4.01. The van der Waals surface area contributed by atoms with Gasteiger partial charge in [-0.3, -0.25) is 9.62 Å². The normalized spacial score (nSPS) is 13.8. The first-order chi connectivity index (χ1) is 20.3. The Hall–Kier alpha value is -4.34. The topological polar surface area (TPSA) is 163 Å². The number of alkyl halides is 3. The number of phenolic OH excluding ortho intramolecular Hbond substituents is 2. The Morgan fingerprint density at radius 2 is 1.63 bits per heavy atom. The predicted molar refractivity (Wildman–Crippen MR) is 148 cm³/mol. The highest BCUT2D eigenvalue weighted by Gasteiger charge is 2.38. The Morgan fingerprint density at radius 3 is 2.26 bits per heavy atom. The van der Waals surface area contributed by atoms with Crippen molar-refractivity contribution in [3.8, 4) is 22.6 Å². The molecule has 232 valence electrons. The van der Waals surface area contributed by atoms with E-state index < -0.39 is 33.9 Å². The maximum Gasteiger partial charge on any atom is 0.490 e. The van der Waals surface area contributed by atoms with Crippen molar-refractivity contribution in [3.63, 3.8) is 0 Å². The van der Waals surface area contributed by atoms with Crippen molar-refractivity contribution < 1.29 is 56.0 Å². The van der Waals surface area contributed by atoms with Gasteiger partial charge in [-0.05, 0) is 42.3 Å². The summed E-state index contributed by atoms with van der Waals surface area (Å²) in [4.78, 5) is 23.5. The third-order valence-electron chi connectivity index (χ3n) is 6.03. The Balaban J connectivity index is 0.000000646. The number of benzene rings is 3. The molecule has 11 nitrogen and oxygen atoms in total. The van der Waals surface area contributed by atoms with Gasteiger partial charge in [0, 0.05) is 31.3 Å². The molecule has 1 aliphatic heterocycles. The first-order valence-corrected chi connectivity index (χ1v) is 14.3. The average molecular weight is 627 g/mol. The largest absolute Gasteiger partial charge is 0.507 e. The van der Waals surface area contributed by atoms with E-state index in [1.807, 2.05) is 0 Å². The molecule has 15 heteroatoms. The molecule has 0 bridgehead atoms. The number of nitrogens with zero attached hydrogens (tertiary/aromatic N) is 1. The molecule has 3 aromatic carbocycles. The second-order valence-electron chi connectivity index (χ2n) is 9.13. The Kier molecular flexibility index (Phi) is 11.3. The van der Waals surface area contributed by atoms with Gasteiger partial charge >= 0.3 is 18.1 Å². The molecule has 1 fully saturated rings. The number of esters is 1. The minimum Gasteiger partial charge on any atom is -0.507 e. The molecule has 4 N–H and O–H groups in total. The van der Waals surface area contributed by atoms with Crippen molar-refractivity contribution >= 4 is 27.6 Å². The number of carbonyl (C=O) groups excluding carboxylic acids is 1. The fraction of sp³-hybridized carbons (Fsp3) is 0.286. The number of hydrogen-bond donors (Lipinski definition) is 4. The van der Waals surface area contributed by atoms with Crippen LogP contribution in [-0.4, -0.2) is 86.2 Å². The summed E-state index contributed by atoms with van der Waals surface area (Å²) < 4.78 is 70.6. The van der Waals surface area contributed by atoms with Crippen molar-refractivity contribution in [2.45, 2.75) is 17.5 Å². The van der Waals surface area contributed by atoms with E-state index in [0.717, 1.165) is 25.7 Å². The summed E-state index contributed by atoms with van der Waals surface area (Å²) in [5.41, 5.74) is 1.07. The molecule has 0 unspecified atom stereocenters. The predicted octanol–water partition coefficient (Wildman–Crippen LogP) is 4.08. The summed E-state index contributed by atoms with van der Waals surface area (Å²) in [6.45, 7) is 4.10. The van der Waals surface area contributed by atoms with Crippen LogP contribution >= 0.6 is 0 Å². The van der Waals surface area contributed by atoms with Gasteiger partial charge in [0.05, 0.1) is 30.4 Å². The van der Waals surface area contributed by atoms with E-state index in [9.17, 15) is 36.6 Å². The van der Waals surface area contributed by atoms with Crippen LogP contribution in [-0.2, 0) is 24.3 Å².